The van der Waals surface area contributed by atoms with Gasteiger partial charge in [0.25, 0.3) is 5.91 Å². The topological polar surface area (TPSA) is 37.1 Å². The lowest BCUT2D eigenvalue weighted by atomic mass is 10.3. The highest BCUT2D eigenvalue weighted by molar-refractivity contribution is 5.91. The van der Waals surface area contributed by atoms with Gasteiger partial charge in [0.1, 0.15) is 7.05 Å². The average Bonchev–Trinajstić information content (AvgIpc) is 2.19. The molecule has 76 valence electrons. The minimum absolute atomic E-state index is 0.00815. The third-order valence-corrected chi connectivity index (χ3v) is 2.11. The van der Waals surface area contributed by atoms with Crippen molar-refractivity contribution in [3.8, 4) is 0 Å². The molecule has 0 spiro atoms. The molecule has 0 bridgehead atoms. The van der Waals surface area contributed by atoms with Crippen LogP contribution in [0.1, 0.15) is 24.3 Å². The molecule has 1 heterocycles. The number of rotatable bonds is 3. The van der Waals surface area contributed by atoms with Crippen molar-refractivity contribution >= 4 is 5.91 Å². The molecule has 0 unspecified atom stereocenters. The summed E-state index contributed by atoms with van der Waals surface area (Å²) in [5.74, 6) is -0.00815. The van der Waals surface area contributed by atoms with E-state index in [0.29, 0.717) is 5.69 Å². The third-order valence-electron chi connectivity index (χ3n) is 2.11. The summed E-state index contributed by atoms with van der Waals surface area (Å²) in [6.45, 7) is 5.36. The normalized spacial score (nSPS) is 9.93. The highest BCUT2D eigenvalue weighted by Gasteiger charge is 2.15. The van der Waals surface area contributed by atoms with E-state index in [9.17, 15) is 4.79 Å². The summed E-state index contributed by atoms with van der Waals surface area (Å²) in [5.41, 5.74) is 0.499. The first-order valence-corrected chi connectivity index (χ1v) is 4.79. The van der Waals surface area contributed by atoms with Crippen molar-refractivity contribution in [2.75, 3.05) is 13.1 Å². The van der Waals surface area contributed by atoms with Crippen LogP contribution in [0.15, 0.2) is 18.6 Å². The predicted molar refractivity (Wildman–Crippen MR) is 52.7 cm³/mol. The van der Waals surface area contributed by atoms with Crippen molar-refractivity contribution in [1.29, 1.82) is 0 Å². The Morgan fingerprint density at radius 3 is 2.64 bits per heavy atom. The Hall–Kier alpha value is -1.45. The number of carbonyl (C=O) groups excluding carboxylic acids is 1. The van der Waals surface area contributed by atoms with Crippen LogP contribution in [0.25, 0.3) is 0 Å². The van der Waals surface area contributed by atoms with Gasteiger partial charge in [-0.05, 0) is 13.8 Å². The summed E-state index contributed by atoms with van der Waals surface area (Å²) in [6, 6.07) is 0. The number of aryl methyl sites for hydroxylation is 1. The minimum atomic E-state index is -0.00815. The number of aromatic nitrogens is 2. The molecule has 0 atom stereocenters. The van der Waals surface area contributed by atoms with Crippen LogP contribution < -0.4 is 4.57 Å². The number of carbonyl (C=O) groups is 1. The molecule has 0 aliphatic heterocycles. The van der Waals surface area contributed by atoms with Crippen molar-refractivity contribution in [1.82, 2.24) is 9.88 Å². The Balaban J connectivity index is 2.88. The van der Waals surface area contributed by atoms with Crippen LogP contribution in [0.5, 0.6) is 0 Å². The second-order valence-corrected chi connectivity index (χ2v) is 3.08. The van der Waals surface area contributed by atoms with Crippen molar-refractivity contribution in [2.45, 2.75) is 13.8 Å². The monoisotopic (exact) mass is 194 g/mol. The summed E-state index contributed by atoms with van der Waals surface area (Å²) in [5, 5.41) is 0. The largest absolute Gasteiger partial charge is 0.338 e. The number of amides is 1. The van der Waals surface area contributed by atoms with Gasteiger partial charge in [-0.1, -0.05) is 0 Å². The molecule has 1 amide bonds. The van der Waals surface area contributed by atoms with Crippen LogP contribution in [0.2, 0.25) is 0 Å². The molecule has 4 nitrogen and oxygen atoms in total. The molecule has 0 aliphatic rings. The summed E-state index contributed by atoms with van der Waals surface area (Å²) in [7, 11) is 1.88. The van der Waals surface area contributed by atoms with Crippen molar-refractivity contribution in [3.05, 3.63) is 24.3 Å². The van der Waals surface area contributed by atoms with E-state index in [1.165, 1.54) is 0 Å². The molecule has 0 fully saturated rings. The first-order chi connectivity index (χ1) is 6.69. The Morgan fingerprint density at radius 1 is 1.50 bits per heavy atom. The molecule has 0 aromatic carbocycles. The van der Waals surface area contributed by atoms with Gasteiger partial charge in [-0.15, -0.1) is 0 Å². The standard InChI is InChI=1S/C10H16N3O/c1-4-13(5-2)10(14)9-8-12(3)7-6-11-9/h6-8H,4-5H2,1-3H3/q+1. The van der Waals surface area contributed by atoms with Crippen LogP contribution in [0, 0.1) is 0 Å². The van der Waals surface area contributed by atoms with E-state index in [1.807, 2.05) is 25.5 Å². The second-order valence-electron chi connectivity index (χ2n) is 3.08. The summed E-state index contributed by atoms with van der Waals surface area (Å²) in [4.78, 5) is 17.6. The minimum Gasteiger partial charge on any atom is -0.338 e. The summed E-state index contributed by atoms with van der Waals surface area (Å²) in [6.07, 6.45) is 5.18. The van der Waals surface area contributed by atoms with Gasteiger partial charge in [0.2, 0.25) is 0 Å². The van der Waals surface area contributed by atoms with Crippen LogP contribution in [0.4, 0.5) is 0 Å². The fourth-order valence-electron chi connectivity index (χ4n) is 1.27. The Morgan fingerprint density at radius 2 is 2.14 bits per heavy atom. The summed E-state index contributed by atoms with van der Waals surface area (Å²) >= 11 is 0. The van der Waals surface area contributed by atoms with Gasteiger partial charge >= 0.3 is 0 Å². The maximum absolute atomic E-state index is 11.8. The fraction of sp³-hybridized carbons (Fsp3) is 0.500. The zero-order valence-electron chi connectivity index (χ0n) is 8.90. The lowest BCUT2D eigenvalue weighted by molar-refractivity contribution is -0.672. The molecule has 0 radical (unpaired) electrons. The first kappa shape index (κ1) is 10.6. The van der Waals surface area contributed by atoms with Gasteiger partial charge in [0.15, 0.2) is 18.1 Å². The molecule has 1 rings (SSSR count). The molecule has 0 aliphatic carbocycles. The predicted octanol–water partition coefficient (Wildman–Crippen LogP) is 0.388. The number of hydrogen-bond acceptors (Lipinski definition) is 2. The van der Waals surface area contributed by atoms with E-state index in [1.54, 1.807) is 23.5 Å². The summed E-state index contributed by atoms with van der Waals surface area (Å²) < 4.78 is 1.82. The molecular formula is C10H16N3O+. The molecule has 1 aromatic rings. The van der Waals surface area contributed by atoms with Gasteiger partial charge in [-0.2, -0.15) is 0 Å². The molecule has 0 saturated heterocycles. The SMILES string of the molecule is CCN(CC)C(=O)c1c[n+](C)ccn1. The van der Waals surface area contributed by atoms with E-state index in [-0.39, 0.29) is 5.91 Å². The molecule has 4 heteroatoms. The van der Waals surface area contributed by atoms with Crippen molar-refractivity contribution < 1.29 is 9.36 Å². The lowest BCUT2D eigenvalue weighted by Crippen LogP contribution is -2.35. The van der Waals surface area contributed by atoms with E-state index < -0.39 is 0 Å². The number of nitrogens with zero attached hydrogens (tertiary/aromatic N) is 3. The van der Waals surface area contributed by atoms with Gasteiger partial charge < -0.3 is 4.90 Å². The maximum Gasteiger partial charge on any atom is 0.278 e. The Labute approximate surface area is 84.2 Å². The van der Waals surface area contributed by atoms with E-state index in [0.717, 1.165) is 13.1 Å². The van der Waals surface area contributed by atoms with Crippen LogP contribution in [-0.4, -0.2) is 28.9 Å². The Kier molecular flexibility index (Phi) is 3.56. The zero-order chi connectivity index (χ0) is 10.6. The van der Waals surface area contributed by atoms with E-state index in [2.05, 4.69) is 4.98 Å². The fourth-order valence-corrected chi connectivity index (χ4v) is 1.27. The molecule has 14 heavy (non-hydrogen) atoms. The van der Waals surface area contributed by atoms with Crippen molar-refractivity contribution in [3.63, 3.8) is 0 Å². The molecule has 0 saturated carbocycles. The Bertz CT molecular complexity index is 321. The highest BCUT2D eigenvalue weighted by atomic mass is 16.2. The van der Waals surface area contributed by atoms with E-state index in [4.69, 9.17) is 0 Å². The third kappa shape index (κ3) is 2.28. The first-order valence-electron chi connectivity index (χ1n) is 4.79. The van der Waals surface area contributed by atoms with Crippen LogP contribution in [-0.2, 0) is 7.05 Å². The van der Waals surface area contributed by atoms with Gasteiger partial charge in [0, 0.05) is 13.1 Å². The average molecular weight is 194 g/mol. The lowest BCUT2D eigenvalue weighted by Gasteiger charge is -2.16. The molecule has 0 N–H and O–H groups in total. The maximum atomic E-state index is 11.8. The molecule has 1 aromatic heterocycles. The second kappa shape index (κ2) is 4.69. The van der Waals surface area contributed by atoms with E-state index >= 15 is 0 Å². The van der Waals surface area contributed by atoms with Gasteiger partial charge in [0.05, 0.1) is 6.20 Å². The van der Waals surface area contributed by atoms with Crippen molar-refractivity contribution in [2.24, 2.45) is 7.05 Å². The van der Waals surface area contributed by atoms with Crippen LogP contribution in [0.3, 0.4) is 0 Å². The number of hydrogen-bond donors (Lipinski definition) is 0. The zero-order valence-corrected chi connectivity index (χ0v) is 8.90. The molecular weight excluding hydrogens is 178 g/mol. The highest BCUT2D eigenvalue weighted by Crippen LogP contribution is 1.97. The van der Waals surface area contributed by atoms with Gasteiger partial charge in [-0.25, -0.2) is 9.55 Å². The van der Waals surface area contributed by atoms with Crippen LogP contribution >= 0.6 is 0 Å². The van der Waals surface area contributed by atoms with Gasteiger partial charge in [-0.3, -0.25) is 4.79 Å². The smallest absolute Gasteiger partial charge is 0.278 e. The quantitative estimate of drug-likeness (QED) is 0.653.